The van der Waals surface area contributed by atoms with Gasteiger partial charge < -0.3 is 10.6 Å². The number of amides is 1. The number of piperidine rings is 1. The Balaban J connectivity index is -0.000000355. The van der Waals surface area contributed by atoms with Crippen molar-refractivity contribution in [1.29, 1.82) is 0 Å². The molecular weight excluding hydrogens is 248 g/mol. The molecule has 1 saturated heterocycles. The van der Waals surface area contributed by atoms with Crippen molar-refractivity contribution in [1.82, 2.24) is 10.6 Å². The zero-order valence-electron chi connectivity index (χ0n) is 15.3. The van der Waals surface area contributed by atoms with Gasteiger partial charge in [-0.25, -0.2) is 0 Å². The number of rotatable bonds is 3. The predicted octanol–water partition coefficient (Wildman–Crippen LogP) is 4.23. The predicted molar refractivity (Wildman–Crippen MR) is 92.1 cm³/mol. The summed E-state index contributed by atoms with van der Waals surface area (Å²) in [6, 6.07) is 0. The van der Waals surface area contributed by atoms with Crippen molar-refractivity contribution in [3.63, 3.8) is 0 Å². The molecular formula is C17H40N2O. The summed E-state index contributed by atoms with van der Waals surface area (Å²) >= 11 is 0. The van der Waals surface area contributed by atoms with Crippen LogP contribution in [0, 0.1) is 11.8 Å². The highest BCUT2D eigenvalue weighted by Gasteiger charge is 2.20. The number of nitrogens with one attached hydrogen (secondary N) is 2. The molecule has 0 unspecified atom stereocenters. The van der Waals surface area contributed by atoms with Crippen molar-refractivity contribution >= 4 is 5.91 Å². The summed E-state index contributed by atoms with van der Waals surface area (Å²) in [5.74, 6) is 1.04. The van der Waals surface area contributed by atoms with Crippen LogP contribution in [-0.4, -0.2) is 25.5 Å². The Hall–Kier alpha value is -0.570. The number of hydrogen-bond donors (Lipinski definition) is 2. The summed E-state index contributed by atoms with van der Waals surface area (Å²) in [4.78, 5) is 11.6. The minimum Gasteiger partial charge on any atom is -0.356 e. The maximum atomic E-state index is 11.6. The molecule has 0 aliphatic carbocycles. The summed E-state index contributed by atoms with van der Waals surface area (Å²) in [5.41, 5.74) is 0. The summed E-state index contributed by atoms with van der Waals surface area (Å²) in [6.07, 6.45) is 3.23. The first-order valence-electron chi connectivity index (χ1n) is 8.60. The largest absolute Gasteiger partial charge is 0.356 e. The summed E-state index contributed by atoms with van der Waals surface area (Å²) in [7, 11) is 0. The lowest BCUT2D eigenvalue weighted by atomic mass is 9.97. The van der Waals surface area contributed by atoms with E-state index in [1.807, 2.05) is 27.7 Å². The Morgan fingerprint density at radius 1 is 1.10 bits per heavy atom. The van der Waals surface area contributed by atoms with Gasteiger partial charge >= 0.3 is 0 Å². The standard InChI is InChI=1S/C10H20N2O.C3H8.2C2H6/c1-8(2)7-12-10(13)9-3-5-11-6-4-9;1-3-2;2*1-2/h8-9,11H,3-7H2,1-2H3,(H,12,13);3H2,1-2H3;2*1-2H3. The van der Waals surface area contributed by atoms with Crippen molar-refractivity contribution < 1.29 is 4.79 Å². The highest BCUT2D eigenvalue weighted by molar-refractivity contribution is 5.78. The van der Waals surface area contributed by atoms with Crippen LogP contribution in [0.1, 0.15) is 74.7 Å². The highest BCUT2D eigenvalue weighted by Crippen LogP contribution is 2.11. The molecule has 0 aromatic heterocycles. The van der Waals surface area contributed by atoms with Gasteiger partial charge in [0.1, 0.15) is 0 Å². The second-order valence-corrected chi connectivity index (χ2v) is 4.87. The second-order valence-electron chi connectivity index (χ2n) is 4.87. The Bertz CT molecular complexity index is 176. The first-order chi connectivity index (χ1) is 9.61. The molecule has 1 aliphatic rings. The van der Waals surface area contributed by atoms with E-state index < -0.39 is 0 Å². The van der Waals surface area contributed by atoms with E-state index in [0.717, 1.165) is 32.5 Å². The van der Waals surface area contributed by atoms with Crippen molar-refractivity contribution in [2.45, 2.75) is 74.7 Å². The fourth-order valence-electron chi connectivity index (χ4n) is 1.53. The number of carbonyl (C=O) groups excluding carboxylic acids is 1. The molecule has 1 rings (SSSR count). The molecule has 1 heterocycles. The molecule has 0 aromatic carbocycles. The lowest BCUT2D eigenvalue weighted by Gasteiger charge is -2.22. The van der Waals surface area contributed by atoms with Gasteiger partial charge in [0, 0.05) is 12.5 Å². The lowest BCUT2D eigenvalue weighted by Crippen LogP contribution is -2.39. The molecule has 3 nitrogen and oxygen atoms in total. The van der Waals surface area contributed by atoms with Crippen LogP contribution < -0.4 is 10.6 Å². The van der Waals surface area contributed by atoms with Gasteiger partial charge in [-0.05, 0) is 31.8 Å². The molecule has 0 radical (unpaired) electrons. The monoisotopic (exact) mass is 288 g/mol. The number of carbonyl (C=O) groups is 1. The van der Waals surface area contributed by atoms with Gasteiger partial charge in [-0.1, -0.05) is 61.8 Å². The van der Waals surface area contributed by atoms with E-state index >= 15 is 0 Å². The Labute approximate surface area is 128 Å². The first kappa shape index (κ1) is 24.4. The first-order valence-corrected chi connectivity index (χ1v) is 8.60. The summed E-state index contributed by atoms with van der Waals surface area (Å²) in [5, 5.41) is 6.24. The van der Waals surface area contributed by atoms with Crippen molar-refractivity contribution in [3.05, 3.63) is 0 Å². The van der Waals surface area contributed by atoms with Crippen LogP contribution in [0.3, 0.4) is 0 Å². The molecule has 0 spiro atoms. The Morgan fingerprint density at radius 3 is 1.85 bits per heavy atom. The van der Waals surface area contributed by atoms with Gasteiger partial charge in [0.15, 0.2) is 0 Å². The fraction of sp³-hybridized carbons (Fsp3) is 0.941. The average molecular weight is 289 g/mol. The molecule has 1 amide bonds. The van der Waals surface area contributed by atoms with E-state index in [2.05, 4.69) is 38.3 Å². The van der Waals surface area contributed by atoms with E-state index in [-0.39, 0.29) is 11.8 Å². The molecule has 1 fully saturated rings. The van der Waals surface area contributed by atoms with E-state index in [1.54, 1.807) is 0 Å². The second kappa shape index (κ2) is 20.7. The van der Waals surface area contributed by atoms with Gasteiger partial charge in [-0.3, -0.25) is 4.79 Å². The van der Waals surface area contributed by atoms with E-state index in [0.29, 0.717) is 5.92 Å². The van der Waals surface area contributed by atoms with Gasteiger partial charge in [-0.15, -0.1) is 0 Å². The van der Waals surface area contributed by atoms with E-state index in [4.69, 9.17) is 0 Å². The Kier molecular flexibility index (Phi) is 25.4. The van der Waals surface area contributed by atoms with Crippen LogP contribution in [0.2, 0.25) is 0 Å². The average Bonchev–Trinajstić information content (AvgIpc) is 2.50. The lowest BCUT2D eigenvalue weighted by molar-refractivity contribution is -0.125. The van der Waals surface area contributed by atoms with Crippen molar-refractivity contribution in [2.75, 3.05) is 19.6 Å². The van der Waals surface area contributed by atoms with Crippen LogP contribution in [0.15, 0.2) is 0 Å². The smallest absolute Gasteiger partial charge is 0.223 e. The highest BCUT2D eigenvalue weighted by atomic mass is 16.1. The summed E-state index contributed by atoms with van der Waals surface area (Å²) < 4.78 is 0. The van der Waals surface area contributed by atoms with Gasteiger partial charge in [0.2, 0.25) is 5.91 Å². The SMILES string of the molecule is CC.CC.CC(C)CNC(=O)C1CCNCC1.CCC. The third-order valence-electron chi connectivity index (χ3n) is 2.39. The molecule has 3 heteroatoms. The molecule has 20 heavy (non-hydrogen) atoms. The molecule has 2 N–H and O–H groups in total. The molecule has 0 saturated carbocycles. The van der Waals surface area contributed by atoms with Crippen LogP contribution in [-0.2, 0) is 4.79 Å². The third-order valence-corrected chi connectivity index (χ3v) is 2.39. The molecule has 0 bridgehead atoms. The minimum absolute atomic E-state index is 0.246. The zero-order valence-corrected chi connectivity index (χ0v) is 15.3. The van der Waals surface area contributed by atoms with E-state index in [1.165, 1.54) is 6.42 Å². The third kappa shape index (κ3) is 17.4. The van der Waals surface area contributed by atoms with Crippen molar-refractivity contribution in [2.24, 2.45) is 11.8 Å². The fourth-order valence-corrected chi connectivity index (χ4v) is 1.53. The molecule has 0 atom stereocenters. The number of hydrogen-bond acceptors (Lipinski definition) is 2. The quantitative estimate of drug-likeness (QED) is 0.816. The molecule has 0 aromatic rings. The van der Waals surface area contributed by atoms with Crippen LogP contribution in [0.5, 0.6) is 0 Å². The van der Waals surface area contributed by atoms with Crippen molar-refractivity contribution in [3.8, 4) is 0 Å². The van der Waals surface area contributed by atoms with Crippen LogP contribution >= 0.6 is 0 Å². The maximum absolute atomic E-state index is 11.6. The van der Waals surface area contributed by atoms with Gasteiger partial charge in [-0.2, -0.15) is 0 Å². The molecule has 1 aliphatic heterocycles. The van der Waals surface area contributed by atoms with Gasteiger partial charge in [0.25, 0.3) is 0 Å². The minimum atomic E-state index is 0.246. The van der Waals surface area contributed by atoms with E-state index in [9.17, 15) is 4.79 Å². The summed E-state index contributed by atoms with van der Waals surface area (Å²) in [6.45, 7) is 19.3. The van der Waals surface area contributed by atoms with Crippen LogP contribution in [0.25, 0.3) is 0 Å². The molecule has 124 valence electrons. The Morgan fingerprint density at radius 2 is 1.50 bits per heavy atom. The van der Waals surface area contributed by atoms with Gasteiger partial charge in [0.05, 0.1) is 0 Å². The normalized spacial score (nSPS) is 13.8. The topological polar surface area (TPSA) is 41.1 Å². The zero-order chi connectivity index (χ0) is 16.4. The maximum Gasteiger partial charge on any atom is 0.223 e. The van der Waals surface area contributed by atoms with Crippen LogP contribution in [0.4, 0.5) is 0 Å².